The summed E-state index contributed by atoms with van der Waals surface area (Å²) in [5, 5.41) is 3.12. The van der Waals surface area contributed by atoms with Crippen molar-refractivity contribution in [2.24, 2.45) is 0 Å². The Hall–Kier alpha value is -2.52. The molecule has 1 aromatic heterocycles. The maximum absolute atomic E-state index is 12.0. The van der Waals surface area contributed by atoms with Gasteiger partial charge in [-0.25, -0.2) is 4.98 Å². The van der Waals surface area contributed by atoms with E-state index in [4.69, 9.17) is 28.2 Å². The molecule has 2 heterocycles. The van der Waals surface area contributed by atoms with E-state index in [2.05, 4.69) is 15.3 Å². The molecule has 1 saturated heterocycles. The van der Waals surface area contributed by atoms with E-state index in [1.54, 1.807) is 11.9 Å². The second kappa shape index (κ2) is 10.3. The molecule has 1 aliphatic rings. The molecular formula is C19H28ClN5O4. The van der Waals surface area contributed by atoms with E-state index in [1.807, 2.05) is 0 Å². The zero-order valence-electron chi connectivity index (χ0n) is 21.9. The first-order valence-electron chi connectivity index (χ1n) is 11.9. The van der Waals surface area contributed by atoms with Crippen LogP contribution in [0.1, 0.15) is 27.5 Å². The van der Waals surface area contributed by atoms with Gasteiger partial charge in [-0.3, -0.25) is 4.79 Å². The zero-order chi connectivity index (χ0) is 25.1. The van der Waals surface area contributed by atoms with Gasteiger partial charge in [0.2, 0.25) is 11.9 Å². The number of fused-ring (bicyclic) bond motifs is 1. The molecule has 160 valence electrons. The van der Waals surface area contributed by atoms with Crippen LogP contribution in [-0.4, -0.2) is 62.8 Å². The first kappa shape index (κ1) is 15.3. The molecule has 1 fully saturated rings. The molecule has 10 heteroatoms. The fraction of sp³-hybridized carbons (Fsp3) is 0.526. The molecule has 2 aromatic rings. The SMILES string of the molecule is Cl.[2H]C([2H])([2H])Oc1cc2nc(N(C)CCCNC(=O)C3CCCO3)nc(N)c2cc1OC([2H])([2H])[2H]. The number of ether oxygens (including phenoxy) is 3. The Bertz CT molecular complexity index is 1030. The lowest BCUT2D eigenvalue weighted by Gasteiger charge is -2.19. The summed E-state index contributed by atoms with van der Waals surface area (Å²) in [5.41, 5.74) is 6.32. The van der Waals surface area contributed by atoms with Gasteiger partial charge in [-0.05, 0) is 25.3 Å². The highest BCUT2D eigenvalue weighted by atomic mass is 35.5. The van der Waals surface area contributed by atoms with Gasteiger partial charge in [0, 0.05) is 38.2 Å². The fourth-order valence-electron chi connectivity index (χ4n) is 3.00. The van der Waals surface area contributed by atoms with Gasteiger partial charge in [-0.15, -0.1) is 12.4 Å². The molecule has 1 aliphatic heterocycles. The van der Waals surface area contributed by atoms with Crippen molar-refractivity contribution < 1.29 is 27.2 Å². The van der Waals surface area contributed by atoms with Crippen LogP contribution in [0, 0.1) is 0 Å². The zero-order valence-corrected chi connectivity index (χ0v) is 16.8. The van der Waals surface area contributed by atoms with Gasteiger partial charge in [0.1, 0.15) is 11.9 Å². The fourth-order valence-corrected chi connectivity index (χ4v) is 3.00. The van der Waals surface area contributed by atoms with Gasteiger partial charge in [-0.1, -0.05) is 0 Å². The summed E-state index contributed by atoms with van der Waals surface area (Å²) in [6, 6.07) is 2.49. The lowest BCUT2D eigenvalue weighted by molar-refractivity contribution is -0.130. The van der Waals surface area contributed by atoms with E-state index in [0.717, 1.165) is 12.8 Å². The Labute approximate surface area is 184 Å². The number of nitrogens with one attached hydrogen (secondary N) is 1. The van der Waals surface area contributed by atoms with Gasteiger partial charge in [-0.2, -0.15) is 4.98 Å². The number of halogens is 1. The summed E-state index contributed by atoms with van der Waals surface area (Å²) in [5.74, 6) is -0.438. The lowest BCUT2D eigenvalue weighted by atomic mass is 10.2. The highest BCUT2D eigenvalue weighted by Gasteiger charge is 2.22. The Balaban J connectivity index is 0.00000432. The molecule has 29 heavy (non-hydrogen) atoms. The Morgan fingerprint density at radius 2 is 2.14 bits per heavy atom. The van der Waals surface area contributed by atoms with E-state index in [0.29, 0.717) is 26.1 Å². The van der Waals surface area contributed by atoms with Crippen LogP contribution in [0.4, 0.5) is 11.8 Å². The molecule has 0 radical (unpaired) electrons. The van der Waals surface area contributed by atoms with Crippen LogP contribution >= 0.6 is 12.4 Å². The normalized spacial score (nSPS) is 19.6. The molecule has 0 aliphatic carbocycles. The first-order chi connectivity index (χ1) is 15.8. The Morgan fingerprint density at radius 1 is 1.38 bits per heavy atom. The van der Waals surface area contributed by atoms with Crippen LogP contribution < -0.4 is 25.4 Å². The molecule has 1 unspecified atom stereocenters. The summed E-state index contributed by atoms with van der Waals surface area (Å²) in [6.07, 6.45) is 1.83. The molecule has 1 atom stereocenters. The predicted octanol–water partition coefficient (Wildman–Crippen LogP) is 1.77. The highest BCUT2D eigenvalue weighted by Crippen LogP contribution is 2.33. The number of nitrogens with two attached hydrogens (primary N) is 1. The summed E-state index contributed by atoms with van der Waals surface area (Å²) in [4.78, 5) is 22.4. The minimum Gasteiger partial charge on any atom is -0.493 e. The number of hydrogen-bond donors (Lipinski definition) is 2. The van der Waals surface area contributed by atoms with Gasteiger partial charge in [0.25, 0.3) is 0 Å². The topological polar surface area (TPSA) is 112 Å². The number of carbonyl (C=O) groups is 1. The monoisotopic (exact) mass is 431 g/mol. The van der Waals surface area contributed by atoms with Crippen LogP contribution in [0.3, 0.4) is 0 Å². The van der Waals surface area contributed by atoms with Gasteiger partial charge >= 0.3 is 0 Å². The van der Waals surface area contributed by atoms with E-state index in [1.165, 1.54) is 12.1 Å². The quantitative estimate of drug-likeness (QED) is 0.608. The second-order valence-corrected chi connectivity index (χ2v) is 6.50. The molecule has 3 rings (SSSR count). The number of rotatable bonds is 8. The van der Waals surface area contributed by atoms with Crippen LogP contribution in [0.25, 0.3) is 10.9 Å². The third kappa shape index (κ3) is 5.30. The Kier molecular flexibility index (Phi) is 5.45. The number of aromatic nitrogens is 2. The maximum atomic E-state index is 12.0. The summed E-state index contributed by atoms with van der Waals surface area (Å²) < 4.78 is 59.2. The summed E-state index contributed by atoms with van der Waals surface area (Å²) in [7, 11) is -3.93. The number of carbonyl (C=O) groups excluding carboxylic acids is 1. The largest absolute Gasteiger partial charge is 0.493 e. The lowest BCUT2D eigenvalue weighted by Crippen LogP contribution is -2.36. The minimum atomic E-state index is -2.84. The van der Waals surface area contributed by atoms with Crippen molar-refractivity contribution >= 4 is 41.0 Å². The van der Waals surface area contributed by atoms with E-state index < -0.39 is 14.1 Å². The van der Waals surface area contributed by atoms with Crippen LogP contribution in [0.2, 0.25) is 0 Å². The van der Waals surface area contributed by atoms with Gasteiger partial charge in [0.05, 0.1) is 27.8 Å². The van der Waals surface area contributed by atoms with Crippen molar-refractivity contribution in [3.8, 4) is 11.5 Å². The molecule has 1 aromatic carbocycles. The molecule has 0 saturated carbocycles. The molecule has 0 spiro atoms. The average molecular weight is 432 g/mol. The van der Waals surface area contributed by atoms with Crippen LogP contribution in [0.15, 0.2) is 12.1 Å². The maximum Gasteiger partial charge on any atom is 0.249 e. The summed E-state index contributed by atoms with van der Waals surface area (Å²) in [6.45, 7) is 1.54. The van der Waals surface area contributed by atoms with E-state index in [-0.39, 0.29) is 58.6 Å². The van der Waals surface area contributed by atoms with Crippen molar-refractivity contribution in [1.29, 1.82) is 0 Å². The average Bonchev–Trinajstić information content (AvgIpc) is 3.24. The predicted molar refractivity (Wildman–Crippen MR) is 114 cm³/mol. The number of nitrogens with zero attached hydrogens (tertiary/aromatic N) is 3. The number of amides is 1. The van der Waals surface area contributed by atoms with Crippen molar-refractivity contribution in [3.05, 3.63) is 12.1 Å². The van der Waals surface area contributed by atoms with Crippen molar-refractivity contribution in [2.45, 2.75) is 25.4 Å². The standard InChI is InChI=1S/C19H27N5O4.ClH/c1-24(8-5-7-21-18(25)14-6-4-9-28-14)19-22-13-11-16(27-3)15(26-2)10-12(13)17(20)23-19;/h10-11,14H,4-9H2,1-3H3,(H,21,25)(H2,20,22,23);1H/i2D3,3D3;. The van der Waals surface area contributed by atoms with Crippen LogP contribution in [0.5, 0.6) is 11.5 Å². The third-order valence-electron chi connectivity index (χ3n) is 4.53. The number of benzene rings is 1. The number of nitrogen functional groups attached to an aromatic ring is 1. The van der Waals surface area contributed by atoms with E-state index >= 15 is 0 Å². The smallest absolute Gasteiger partial charge is 0.249 e. The second-order valence-electron chi connectivity index (χ2n) is 6.50. The van der Waals surface area contributed by atoms with Gasteiger partial charge in [0.15, 0.2) is 11.5 Å². The minimum absolute atomic E-state index is 0. The molecule has 0 bridgehead atoms. The molecule has 9 nitrogen and oxygen atoms in total. The molecular weight excluding hydrogens is 398 g/mol. The Morgan fingerprint density at radius 3 is 2.83 bits per heavy atom. The first-order valence-corrected chi connectivity index (χ1v) is 8.92. The van der Waals surface area contributed by atoms with Crippen molar-refractivity contribution in [1.82, 2.24) is 15.3 Å². The number of methoxy groups -OCH3 is 2. The van der Waals surface area contributed by atoms with Crippen molar-refractivity contribution in [3.63, 3.8) is 0 Å². The molecule has 3 N–H and O–H groups in total. The highest BCUT2D eigenvalue weighted by molar-refractivity contribution is 5.91. The van der Waals surface area contributed by atoms with Crippen LogP contribution in [-0.2, 0) is 9.53 Å². The third-order valence-corrected chi connectivity index (χ3v) is 4.53. The van der Waals surface area contributed by atoms with Crippen molar-refractivity contribution in [2.75, 3.05) is 51.5 Å². The summed E-state index contributed by atoms with van der Waals surface area (Å²) >= 11 is 0. The number of hydrogen-bond acceptors (Lipinski definition) is 8. The number of anilines is 2. The molecule has 1 amide bonds. The van der Waals surface area contributed by atoms with E-state index in [9.17, 15) is 4.79 Å². The van der Waals surface area contributed by atoms with Gasteiger partial charge < -0.3 is 30.2 Å².